The number of hydrogen-bond donors (Lipinski definition) is 0. The van der Waals surface area contributed by atoms with Crippen molar-refractivity contribution in [3.63, 3.8) is 0 Å². The highest BCUT2D eigenvalue weighted by atomic mass is 32.1. The fourth-order valence-corrected chi connectivity index (χ4v) is 4.17. The van der Waals surface area contributed by atoms with Crippen LogP contribution >= 0.6 is 12.2 Å². The predicted molar refractivity (Wildman–Crippen MR) is 105 cm³/mol. The van der Waals surface area contributed by atoms with Gasteiger partial charge in [-0.25, -0.2) is 0 Å². The lowest BCUT2D eigenvalue weighted by Gasteiger charge is -2.44. The number of rotatable bonds is 4. The number of ether oxygens (including phenoxy) is 1. The predicted octanol–water partition coefficient (Wildman–Crippen LogP) is 3.07. The van der Waals surface area contributed by atoms with E-state index < -0.39 is 0 Å². The molecule has 1 saturated heterocycles. The van der Waals surface area contributed by atoms with Crippen molar-refractivity contribution in [2.24, 2.45) is 0 Å². The second kappa shape index (κ2) is 8.27. The number of likely N-dealkylation sites (tertiary alicyclic amines) is 1. The molecule has 1 aliphatic heterocycles. The van der Waals surface area contributed by atoms with Crippen molar-refractivity contribution in [2.45, 2.75) is 51.1 Å². The van der Waals surface area contributed by atoms with Crippen molar-refractivity contribution >= 4 is 29.0 Å². The van der Waals surface area contributed by atoms with Crippen LogP contribution in [-0.2, 0) is 4.79 Å². The third kappa shape index (κ3) is 4.30. The van der Waals surface area contributed by atoms with Crippen molar-refractivity contribution in [1.82, 2.24) is 9.80 Å². The molecular formula is C20H26N2O3S. The Morgan fingerprint density at radius 2 is 1.88 bits per heavy atom. The summed E-state index contributed by atoms with van der Waals surface area (Å²) in [5.74, 6) is 0.0657. The molecule has 1 aromatic carbocycles. The highest BCUT2D eigenvalue weighted by Gasteiger charge is 2.36. The average Bonchev–Trinajstić information content (AvgIpc) is 2.74. The molecule has 0 aromatic heterocycles. The minimum absolute atomic E-state index is 0.0143. The van der Waals surface area contributed by atoms with Crippen LogP contribution in [0.25, 0.3) is 0 Å². The zero-order valence-corrected chi connectivity index (χ0v) is 16.3. The molecule has 2 atom stereocenters. The van der Waals surface area contributed by atoms with Crippen LogP contribution in [-0.4, -0.2) is 58.8 Å². The summed E-state index contributed by atoms with van der Waals surface area (Å²) in [5.41, 5.74) is 0.598. The highest BCUT2D eigenvalue weighted by molar-refractivity contribution is 7.80. The molecule has 3 rings (SSSR count). The van der Waals surface area contributed by atoms with E-state index in [1.807, 2.05) is 11.9 Å². The molecule has 2 aliphatic rings. The molecule has 140 valence electrons. The number of nitrogens with zero attached hydrogens (tertiary/aromatic N) is 2. The second-order valence-corrected chi connectivity index (χ2v) is 7.77. The number of likely N-dealkylation sites (N-methyl/N-ethyl adjacent to an activating group) is 1. The molecule has 1 aromatic rings. The first kappa shape index (κ1) is 19.0. The number of hydrogen-bond acceptors (Lipinski definition) is 5. The summed E-state index contributed by atoms with van der Waals surface area (Å²) in [6.07, 6.45) is 5.21. The number of benzene rings is 1. The molecule has 1 aliphatic carbocycles. The van der Waals surface area contributed by atoms with E-state index in [1.165, 1.54) is 13.3 Å². The number of esters is 1. The first-order valence-corrected chi connectivity index (χ1v) is 9.68. The Labute approximate surface area is 160 Å². The van der Waals surface area contributed by atoms with Gasteiger partial charge in [0.15, 0.2) is 0 Å². The number of thiocarbonyl (C=S) groups is 1. The van der Waals surface area contributed by atoms with Gasteiger partial charge in [-0.3, -0.25) is 14.5 Å². The van der Waals surface area contributed by atoms with Crippen LogP contribution in [0, 0.1) is 0 Å². The lowest BCUT2D eigenvalue weighted by molar-refractivity contribution is -0.131. The smallest absolute Gasteiger partial charge is 0.308 e. The maximum atomic E-state index is 13.0. The van der Waals surface area contributed by atoms with Crippen LogP contribution in [0.2, 0.25) is 0 Å². The van der Waals surface area contributed by atoms with Gasteiger partial charge in [-0.2, -0.15) is 0 Å². The van der Waals surface area contributed by atoms with Gasteiger partial charge < -0.3 is 9.64 Å². The van der Waals surface area contributed by atoms with E-state index >= 15 is 0 Å². The zero-order chi connectivity index (χ0) is 18.7. The summed E-state index contributed by atoms with van der Waals surface area (Å²) in [7, 11) is 1.88. The molecule has 6 heteroatoms. The number of carbonyl (C=O) groups is 2. The van der Waals surface area contributed by atoms with Gasteiger partial charge in [0.05, 0.1) is 6.04 Å². The van der Waals surface area contributed by atoms with E-state index in [0.717, 1.165) is 43.6 Å². The Bertz CT molecular complexity index is 685. The van der Waals surface area contributed by atoms with Crippen molar-refractivity contribution in [2.75, 3.05) is 20.1 Å². The Morgan fingerprint density at radius 1 is 1.19 bits per heavy atom. The normalized spacial score (nSPS) is 23.7. The lowest BCUT2D eigenvalue weighted by atomic mass is 9.96. The Balaban J connectivity index is 1.75. The summed E-state index contributed by atoms with van der Waals surface area (Å²) in [5, 5.41) is 0. The molecule has 0 spiro atoms. The van der Waals surface area contributed by atoms with Gasteiger partial charge in [0.25, 0.3) is 5.91 Å². The fraction of sp³-hybridized carbons (Fsp3) is 0.550. The minimum atomic E-state index is -0.370. The molecule has 1 heterocycles. The Kier molecular flexibility index (Phi) is 6.04. The molecule has 26 heavy (non-hydrogen) atoms. The minimum Gasteiger partial charge on any atom is -0.427 e. The van der Waals surface area contributed by atoms with Gasteiger partial charge >= 0.3 is 5.97 Å². The van der Waals surface area contributed by atoms with Gasteiger partial charge in [-0.1, -0.05) is 12.2 Å². The van der Waals surface area contributed by atoms with Crippen molar-refractivity contribution < 1.29 is 14.3 Å². The SMILES string of the molecule is CC(=O)Oc1ccc(C(=O)N(C)C2CC(=S)CCCC2N2CCC2)cc1. The summed E-state index contributed by atoms with van der Waals surface area (Å²) in [6, 6.07) is 7.25. The Morgan fingerprint density at radius 3 is 2.46 bits per heavy atom. The van der Waals surface area contributed by atoms with Crippen LogP contribution in [0.4, 0.5) is 0 Å². The first-order valence-electron chi connectivity index (χ1n) is 9.27. The molecule has 1 saturated carbocycles. The van der Waals surface area contributed by atoms with Gasteiger partial charge in [0.2, 0.25) is 0 Å². The van der Waals surface area contributed by atoms with E-state index in [4.69, 9.17) is 17.0 Å². The standard InChI is InChI=1S/C20H26N2O3S/c1-14(23)25-16-9-7-15(8-10-16)20(24)21(2)19-13-17(26)5-3-6-18(19)22-11-4-12-22/h7-10,18-19H,3-6,11-13H2,1-2H3. The average molecular weight is 375 g/mol. The monoisotopic (exact) mass is 374 g/mol. The fourth-order valence-electron chi connectivity index (χ4n) is 3.85. The summed E-state index contributed by atoms with van der Waals surface area (Å²) < 4.78 is 5.04. The van der Waals surface area contributed by atoms with Gasteiger partial charge in [-0.15, -0.1) is 0 Å². The van der Waals surface area contributed by atoms with Crippen LogP contribution in [0.15, 0.2) is 24.3 Å². The Hall–Kier alpha value is -1.79. The second-order valence-electron chi connectivity index (χ2n) is 7.19. The third-order valence-electron chi connectivity index (χ3n) is 5.38. The van der Waals surface area contributed by atoms with Crippen LogP contribution in [0.5, 0.6) is 5.75 Å². The third-order valence-corrected chi connectivity index (χ3v) is 5.75. The quantitative estimate of drug-likeness (QED) is 0.351. The molecule has 0 bridgehead atoms. The molecule has 5 nitrogen and oxygen atoms in total. The van der Waals surface area contributed by atoms with Crippen molar-refractivity contribution in [3.8, 4) is 5.75 Å². The van der Waals surface area contributed by atoms with Crippen LogP contribution < -0.4 is 4.74 Å². The summed E-state index contributed by atoms with van der Waals surface area (Å²) in [6.45, 7) is 3.60. The number of carbonyl (C=O) groups excluding carboxylic acids is 2. The molecule has 0 N–H and O–H groups in total. The first-order chi connectivity index (χ1) is 12.5. The summed E-state index contributed by atoms with van der Waals surface area (Å²) >= 11 is 5.54. The van der Waals surface area contributed by atoms with Gasteiger partial charge in [0, 0.05) is 32.0 Å². The van der Waals surface area contributed by atoms with E-state index in [-0.39, 0.29) is 17.9 Å². The van der Waals surface area contributed by atoms with E-state index in [1.54, 1.807) is 24.3 Å². The van der Waals surface area contributed by atoms with Crippen molar-refractivity contribution in [1.29, 1.82) is 0 Å². The van der Waals surface area contributed by atoms with E-state index in [0.29, 0.717) is 17.4 Å². The topological polar surface area (TPSA) is 49.9 Å². The summed E-state index contributed by atoms with van der Waals surface area (Å²) in [4.78, 5) is 29.5. The lowest BCUT2D eigenvalue weighted by Crippen LogP contribution is -2.56. The highest BCUT2D eigenvalue weighted by Crippen LogP contribution is 2.29. The van der Waals surface area contributed by atoms with Gasteiger partial charge in [-0.05, 0) is 67.9 Å². The van der Waals surface area contributed by atoms with E-state index in [2.05, 4.69) is 4.90 Å². The molecule has 1 amide bonds. The molecule has 2 fully saturated rings. The van der Waals surface area contributed by atoms with E-state index in [9.17, 15) is 9.59 Å². The van der Waals surface area contributed by atoms with Crippen molar-refractivity contribution in [3.05, 3.63) is 29.8 Å². The van der Waals surface area contributed by atoms with Gasteiger partial charge in [0.1, 0.15) is 5.75 Å². The molecule has 0 radical (unpaired) electrons. The largest absolute Gasteiger partial charge is 0.427 e. The zero-order valence-electron chi connectivity index (χ0n) is 15.4. The maximum absolute atomic E-state index is 13.0. The maximum Gasteiger partial charge on any atom is 0.308 e. The molecule has 2 unspecified atom stereocenters. The van der Waals surface area contributed by atoms with Crippen LogP contribution in [0.3, 0.4) is 0 Å². The van der Waals surface area contributed by atoms with Crippen LogP contribution in [0.1, 0.15) is 49.4 Å². The number of amides is 1. The molecular weight excluding hydrogens is 348 g/mol.